The first-order valence-corrected chi connectivity index (χ1v) is 9.36. The first-order chi connectivity index (χ1) is 14.2. The third-order valence-electron chi connectivity index (χ3n) is 4.28. The summed E-state index contributed by atoms with van der Waals surface area (Å²) in [7, 11) is 1.60. The van der Waals surface area contributed by atoms with Crippen LogP contribution in [0.1, 0.15) is 12.8 Å². The lowest BCUT2D eigenvalue weighted by Crippen LogP contribution is -2.21. The molecule has 3 rings (SSSR count). The van der Waals surface area contributed by atoms with Gasteiger partial charge in [-0.1, -0.05) is 36.4 Å². The first kappa shape index (κ1) is 20.2. The first-order valence-electron chi connectivity index (χ1n) is 9.36. The van der Waals surface area contributed by atoms with E-state index in [2.05, 4.69) is 5.32 Å². The van der Waals surface area contributed by atoms with Gasteiger partial charge in [0.25, 0.3) is 5.91 Å². The zero-order valence-electron chi connectivity index (χ0n) is 16.2. The highest BCUT2D eigenvalue weighted by Crippen LogP contribution is 2.22. The van der Waals surface area contributed by atoms with Gasteiger partial charge in [0.15, 0.2) is 6.61 Å². The topological polar surface area (TPSA) is 73.9 Å². The molecule has 0 fully saturated rings. The Bertz CT molecular complexity index is 963. The van der Waals surface area contributed by atoms with Crippen LogP contribution in [0.15, 0.2) is 66.7 Å². The maximum Gasteiger partial charge on any atom is 0.306 e. The van der Waals surface area contributed by atoms with E-state index in [9.17, 15) is 9.59 Å². The lowest BCUT2D eigenvalue weighted by atomic mass is 10.1. The molecule has 3 aromatic carbocycles. The maximum absolute atomic E-state index is 12.1. The zero-order valence-corrected chi connectivity index (χ0v) is 16.2. The lowest BCUT2D eigenvalue weighted by Gasteiger charge is -2.09. The van der Waals surface area contributed by atoms with Gasteiger partial charge in [-0.05, 0) is 42.1 Å². The smallest absolute Gasteiger partial charge is 0.306 e. The number of carbonyl (C=O) groups is 2. The van der Waals surface area contributed by atoms with E-state index in [-0.39, 0.29) is 18.9 Å². The summed E-state index contributed by atoms with van der Waals surface area (Å²) in [5.74, 6) is 0.650. The number of esters is 1. The molecule has 3 aromatic rings. The Morgan fingerprint density at radius 2 is 1.62 bits per heavy atom. The van der Waals surface area contributed by atoms with Crippen LogP contribution >= 0.6 is 0 Å². The monoisotopic (exact) mass is 393 g/mol. The predicted octanol–water partition coefficient (Wildman–Crippen LogP) is 4.19. The Morgan fingerprint density at radius 1 is 0.897 bits per heavy atom. The van der Waals surface area contributed by atoms with Crippen LogP contribution < -0.4 is 14.8 Å². The van der Waals surface area contributed by atoms with Crippen molar-refractivity contribution in [2.75, 3.05) is 25.6 Å². The summed E-state index contributed by atoms with van der Waals surface area (Å²) < 4.78 is 15.7. The number of benzene rings is 3. The summed E-state index contributed by atoms with van der Waals surface area (Å²) in [4.78, 5) is 23.9. The van der Waals surface area contributed by atoms with Crippen molar-refractivity contribution in [3.63, 3.8) is 0 Å². The zero-order chi connectivity index (χ0) is 20.5. The van der Waals surface area contributed by atoms with E-state index in [4.69, 9.17) is 14.2 Å². The number of hydrogen-bond donors (Lipinski definition) is 1. The number of fused-ring (bicyclic) bond motifs is 1. The van der Waals surface area contributed by atoms with E-state index in [0.29, 0.717) is 24.5 Å². The fourth-order valence-electron chi connectivity index (χ4n) is 2.82. The molecule has 0 spiro atoms. The minimum atomic E-state index is -0.434. The Labute approximate surface area is 169 Å². The molecular formula is C23H23NO5. The van der Waals surface area contributed by atoms with Crippen LogP contribution in [0.3, 0.4) is 0 Å². The van der Waals surface area contributed by atoms with Gasteiger partial charge in [-0.25, -0.2) is 0 Å². The van der Waals surface area contributed by atoms with Gasteiger partial charge in [0.1, 0.15) is 11.5 Å². The molecule has 6 nitrogen and oxygen atoms in total. The summed E-state index contributed by atoms with van der Waals surface area (Å²) in [6.07, 6.45) is 0.674. The van der Waals surface area contributed by atoms with Crippen LogP contribution in [-0.4, -0.2) is 32.2 Å². The van der Waals surface area contributed by atoms with Crippen molar-refractivity contribution >= 4 is 28.3 Å². The highest BCUT2D eigenvalue weighted by atomic mass is 16.5. The molecule has 0 radical (unpaired) electrons. The Balaban J connectivity index is 1.37. The van der Waals surface area contributed by atoms with Gasteiger partial charge in [0.2, 0.25) is 0 Å². The average molecular weight is 393 g/mol. The second-order valence-corrected chi connectivity index (χ2v) is 6.36. The molecule has 1 amide bonds. The van der Waals surface area contributed by atoms with Gasteiger partial charge >= 0.3 is 5.97 Å². The fraction of sp³-hybridized carbons (Fsp3) is 0.217. The van der Waals surface area contributed by atoms with Crippen LogP contribution in [-0.2, 0) is 14.3 Å². The summed E-state index contributed by atoms with van der Waals surface area (Å²) in [5.41, 5.74) is 0.692. The van der Waals surface area contributed by atoms with Gasteiger partial charge in [-0.15, -0.1) is 0 Å². The summed E-state index contributed by atoms with van der Waals surface area (Å²) in [6.45, 7) is 0.0605. The molecule has 29 heavy (non-hydrogen) atoms. The van der Waals surface area contributed by atoms with Crippen LogP contribution in [0.5, 0.6) is 11.5 Å². The molecule has 0 saturated carbocycles. The Hall–Kier alpha value is -3.54. The molecule has 6 heteroatoms. The van der Waals surface area contributed by atoms with Gasteiger partial charge in [-0.2, -0.15) is 0 Å². The summed E-state index contributed by atoms with van der Waals surface area (Å²) in [5, 5.41) is 4.75. The molecule has 0 aliphatic carbocycles. The van der Waals surface area contributed by atoms with Crippen molar-refractivity contribution in [2.45, 2.75) is 12.8 Å². The Morgan fingerprint density at radius 3 is 2.41 bits per heavy atom. The average Bonchev–Trinajstić information content (AvgIpc) is 2.76. The molecule has 0 aromatic heterocycles. The van der Waals surface area contributed by atoms with E-state index in [0.717, 1.165) is 16.5 Å². The Kier molecular flexibility index (Phi) is 7.05. The van der Waals surface area contributed by atoms with Crippen LogP contribution in [0.2, 0.25) is 0 Å². The number of ether oxygens (including phenoxy) is 3. The highest BCUT2D eigenvalue weighted by molar-refractivity contribution is 6.02. The predicted molar refractivity (Wildman–Crippen MR) is 111 cm³/mol. The standard InChI is InChI=1S/C23H23NO5/c1-27-18-11-13-19(14-12-18)28-15-5-10-23(26)29-16-22(25)24-21-9-4-7-17-6-2-3-8-20(17)21/h2-4,6-9,11-14H,5,10,15-16H2,1H3,(H,24,25). The van der Waals surface area contributed by atoms with Crippen LogP contribution in [0, 0.1) is 0 Å². The summed E-state index contributed by atoms with van der Waals surface area (Å²) >= 11 is 0. The van der Waals surface area contributed by atoms with Gasteiger partial charge < -0.3 is 19.5 Å². The number of hydrogen-bond acceptors (Lipinski definition) is 5. The molecule has 0 aliphatic heterocycles. The number of rotatable bonds is 9. The molecule has 150 valence electrons. The van der Waals surface area contributed by atoms with Crippen molar-refractivity contribution in [1.82, 2.24) is 0 Å². The summed E-state index contributed by atoms with van der Waals surface area (Å²) in [6, 6.07) is 20.6. The van der Waals surface area contributed by atoms with Crippen LogP contribution in [0.25, 0.3) is 10.8 Å². The SMILES string of the molecule is COc1ccc(OCCCC(=O)OCC(=O)Nc2cccc3ccccc23)cc1. The normalized spacial score (nSPS) is 10.4. The van der Waals surface area contributed by atoms with E-state index >= 15 is 0 Å². The fourth-order valence-corrected chi connectivity index (χ4v) is 2.82. The molecular weight excluding hydrogens is 370 g/mol. The molecule has 0 saturated heterocycles. The molecule has 0 unspecified atom stereocenters. The third kappa shape index (κ3) is 5.97. The number of methoxy groups -OCH3 is 1. The van der Waals surface area contributed by atoms with Crippen LogP contribution in [0.4, 0.5) is 5.69 Å². The largest absolute Gasteiger partial charge is 0.497 e. The van der Waals surface area contributed by atoms with Crippen molar-refractivity contribution in [3.8, 4) is 11.5 Å². The number of nitrogens with one attached hydrogen (secondary N) is 1. The van der Waals surface area contributed by atoms with Gasteiger partial charge in [-0.3, -0.25) is 9.59 Å². The highest BCUT2D eigenvalue weighted by Gasteiger charge is 2.09. The second kappa shape index (κ2) is 10.1. The number of anilines is 1. The number of carbonyl (C=O) groups excluding carboxylic acids is 2. The molecule has 0 heterocycles. The van der Waals surface area contributed by atoms with E-state index in [1.165, 1.54) is 0 Å². The third-order valence-corrected chi connectivity index (χ3v) is 4.28. The van der Waals surface area contributed by atoms with Gasteiger partial charge in [0.05, 0.1) is 13.7 Å². The van der Waals surface area contributed by atoms with E-state index in [1.54, 1.807) is 31.4 Å². The molecule has 1 N–H and O–H groups in total. The minimum absolute atomic E-state index is 0.178. The number of amides is 1. The van der Waals surface area contributed by atoms with Crippen molar-refractivity contribution in [3.05, 3.63) is 66.7 Å². The van der Waals surface area contributed by atoms with E-state index < -0.39 is 5.97 Å². The second-order valence-electron chi connectivity index (χ2n) is 6.36. The minimum Gasteiger partial charge on any atom is -0.497 e. The molecule has 0 atom stereocenters. The molecule has 0 aliphatic rings. The quantitative estimate of drug-likeness (QED) is 0.436. The maximum atomic E-state index is 12.1. The van der Waals surface area contributed by atoms with Crippen molar-refractivity contribution < 1.29 is 23.8 Å². The lowest BCUT2D eigenvalue weighted by molar-refractivity contribution is -0.147. The van der Waals surface area contributed by atoms with Gasteiger partial charge in [0, 0.05) is 17.5 Å². The van der Waals surface area contributed by atoms with E-state index in [1.807, 2.05) is 42.5 Å². The van der Waals surface area contributed by atoms with Crippen molar-refractivity contribution in [1.29, 1.82) is 0 Å². The van der Waals surface area contributed by atoms with Crippen molar-refractivity contribution in [2.24, 2.45) is 0 Å². The molecule has 0 bridgehead atoms.